The van der Waals surface area contributed by atoms with Gasteiger partial charge in [-0.3, -0.25) is 0 Å². The molecule has 0 amide bonds. The largest absolute Gasteiger partial charge is 0.395 e. The third-order valence-corrected chi connectivity index (χ3v) is 2.21. The van der Waals surface area contributed by atoms with E-state index < -0.39 is 5.95 Å². The average molecular weight is 197 g/mol. The molecular formula is C9H12FN3O. The Morgan fingerprint density at radius 3 is 3.14 bits per heavy atom. The molecule has 0 bridgehead atoms. The summed E-state index contributed by atoms with van der Waals surface area (Å²) < 4.78 is 18.1. The van der Waals surface area contributed by atoms with Crippen molar-refractivity contribution in [1.82, 2.24) is 10.3 Å². The number of nitrogen functional groups attached to an aromatic ring is 1. The highest BCUT2D eigenvalue weighted by atomic mass is 19.1. The molecule has 5 heteroatoms. The quantitative estimate of drug-likeness (QED) is 0.642. The van der Waals surface area contributed by atoms with E-state index in [1.165, 1.54) is 6.20 Å². The Morgan fingerprint density at radius 1 is 1.64 bits per heavy atom. The van der Waals surface area contributed by atoms with Crippen molar-refractivity contribution < 1.29 is 9.13 Å². The third-order valence-electron chi connectivity index (χ3n) is 2.21. The lowest BCUT2D eigenvalue weighted by molar-refractivity contribution is 0.0767. The molecule has 2 rings (SSSR count). The van der Waals surface area contributed by atoms with Crippen molar-refractivity contribution in [2.45, 2.75) is 6.04 Å². The minimum atomic E-state index is -0.620. The lowest BCUT2D eigenvalue weighted by atomic mass is 10.1. The van der Waals surface area contributed by atoms with E-state index in [1.54, 1.807) is 6.07 Å². The molecule has 2 heterocycles. The summed E-state index contributed by atoms with van der Waals surface area (Å²) in [5.74, 6) is -0.620. The zero-order valence-electron chi connectivity index (χ0n) is 7.66. The van der Waals surface area contributed by atoms with Crippen LogP contribution < -0.4 is 11.1 Å². The molecule has 0 aliphatic carbocycles. The summed E-state index contributed by atoms with van der Waals surface area (Å²) in [6.07, 6.45) is 1.48. The first kappa shape index (κ1) is 9.36. The first-order valence-electron chi connectivity index (χ1n) is 4.49. The highest BCUT2D eigenvalue weighted by Crippen LogP contribution is 2.18. The highest BCUT2D eigenvalue weighted by molar-refractivity contribution is 5.39. The van der Waals surface area contributed by atoms with Crippen molar-refractivity contribution in [3.63, 3.8) is 0 Å². The molecule has 1 saturated heterocycles. The summed E-state index contributed by atoms with van der Waals surface area (Å²) in [6.45, 7) is 2.08. The second kappa shape index (κ2) is 3.89. The van der Waals surface area contributed by atoms with Gasteiger partial charge in [-0.2, -0.15) is 4.39 Å². The van der Waals surface area contributed by atoms with Crippen molar-refractivity contribution in [2.75, 3.05) is 25.5 Å². The topological polar surface area (TPSA) is 60.2 Å². The van der Waals surface area contributed by atoms with E-state index in [2.05, 4.69) is 10.3 Å². The van der Waals surface area contributed by atoms with Gasteiger partial charge in [0, 0.05) is 12.7 Å². The van der Waals surface area contributed by atoms with Gasteiger partial charge >= 0.3 is 0 Å². The van der Waals surface area contributed by atoms with E-state index >= 15 is 0 Å². The number of nitrogens with zero attached hydrogens (tertiary/aromatic N) is 1. The minimum Gasteiger partial charge on any atom is -0.395 e. The van der Waals surface area contributed by atoms with E-state index in [4.69, 9.17) is 10.5 Å². The van der Waals surface area contributed by atoms with Crippen molar-refractivity contribution in [1.29, 1.82) is 0 Å². The van der Waals surface area contributed by atoms with Crippen LogP contribution in [0.3, 0.4) is 0 Å². The van der Waals surface area contributed by atoms with Gasteiger partial charge in [-0.1, -0.05) is 0 Å². The predicted molar refractivity (Wildman–Crippen MR) is 50.2 cm³/mol. The Labute approximate surface area is 81.3 Å². The fourth-order valence-electron chi connectivity index (χ4n) is 1.45. The van der Waals surface area contributed by atoms with Gasteiger partial charge in [-0.25, -0.2) is 4.98 Å². The first-order valence-corrected chi connectivity index (χ1v) is 4.49. The Bertz CT molecular complexity index is 326. The number of anilines is 1. The van der Waals surface area contributed by atoms with E-state index in [1.807, 2.05) is 0 Å². The molecule has 0 aromatic carbocycles. The number of ether oxygens (including phenoxy) is 1. The van der Waals surface area contributed by atoms with Crippen LogP contribution in [0.5, 0.6) is 0 Å². The maximum Gasteiger partial charge on any atom is 0.236 e. The summed E-state index contributed by atoms with van der Waals surface area (Å²) >= 11 is 0. The molecule has 0 saturated carbocycles. The zero-order chi connectivity index (χ0) is 9.97. The molecule has 1 aliphatic rings. The summed E-state index contributed by atoms with van der Waals surface area (Å²) in [7, 11) is 0. The van der Waals surface area contributed by atoms with Gasteiger partial charge in [-0.05, 0) is 11.6 Å². The predicted octanol–water partition coefficient (Wildman–Crippen LogP) is 0.464. The van der Waals surface area contributed by atoms with E-state index in [9.17, 15) is 4.39 Å². The number of nitrogens with two attached hydrogens (primary N) is 1. The molecule has 0 spiro atoms. The number of halogens is 1. The fourth-order valence-corrected chi connectivity index (χ4v) is 1.45. The molecule has 0 radical (unpaired) electrons. The minimum absolute atomic E-state index is 0.0687. The van der Waals surface area contributed by atoms with Gasteiger partial charge in [0.25, 0.3) is 0 Å². The van der Waals surface area contributed by atoms with Gasteiger partial charge in [0.05, 0.1) is 24.9 Å². The van der Waals surface area contributed by atoms with Crippen LogP contribution in [0, 0.1) is 5.95 Å². The smallest absolute Gasteiger partial charge is 0.236 e. The number of pyridine rings is 1. The molecular weight excluding hydrogens is 185 g/mol. The molecule has 1 aliphatic heterocycles. The normalized spacial score (nSPS) is 22.2. The van der Waals surface area contributed by atoms with Crippen LogP contribution in [0.1, 0.15) is 11.6 Å². The van der Waals surface area contributed by atoms with Crippen LogP contribution in [-0.2, 0) is 4.74 Å². The second-order valence-electron chi connectivity index (χ2n) is 3.23. The number of nitrogens with one attached hydrogen (secondary N) is 1. The molecule has 0 unspecified atom stereocenters. The Hall–Kier alpha value is -1.20. The van der Waals surface area contributed by atoms with Crippen LogP contribution in [0.15, 0.2) is 12.3 Å². The maximum atomic E-state index is 12.8. The van der Waals surface area contributed by atoms with Gasteiger partial charge in [0.15, 0.2) is 0 Å². The fraction of sp³-hybridized carbons (Fsp3) is 0.444. The Balaban J connectivity index is 2.18. The van der Waals surface area contributed by atoms with E-state index in [0.29, 0.717) is 13.2 Å². The van der Waals surface area contributed by atoms with E-state index in [0.717, 1.165) is 12.1 Å². The summed E-state index contributed by atoms with van der Waals surface area (Å²) in [5, 5.41) is 3.24. The van der Waals surface area contributed by atoms with Crippen molar-refractivity contribution in [3.05, 3.63) is 23.8 Å². The van der Waals surface area contributed by atoms with Crippen LogP contribution in [0.25, 0.3) is 0 Å². The van der Waals surface area contributed by atoms with Gasteiger partial charge < -0.3 is 15.8 Å². The lowest BCUT2D eigenvalue weighted by Gasteiger charge is -2.23. The van der Waals surface area contributed by atoms with Crippen LogP contribution >= 0.6 is 0 Å². The van der Waals surface area contributed by atoms with Crippen molar-refractivity contribution >= 4 is 5.69 Å². The molecule has 1 aromatic heterocycles. The summed E-state index contributed by atoms with van der Waals surface area (Å²) in [5.41, 5.74) is 6.36. The standard InChI is InChI=1S/C9H12FN3O/c10-9-7(11)3-6(4-13-9)8-5-14-2-1-12-8/h3-4,8,12H,1-2,5,11H2/t8-/m1/s1. The highest BCUT2D eigenvalue weighted by Gasteiger charge is 2.16. The zero-order valence-corrected chi connectivity index (χ0v) is 7.66. The number of hydrogen-bond donors (Lipinski definition) is 2. The Kier molecular flexibility index (Phi) is 2.60. The first-order chi connectivity index (χ1) is 6.77. The lowest BCUT2D eigenvalue weighted by Crippen LogP contribution is -2.34. The average Bonchev–Trinajstić information content (AvgIpc) is 2.23. The molecule has 3 N–H and O–H groups in total. The molecule has 76 valence electrons. The number of morpholine rings is 1. The van der Waals surface area contributed by atoms with Gasteiger partial charge in [0.2, 0.25) is 5.95 Å². The van der Waals surface area contributed by atoms with Gasteiger partial charge in [-0.15, -0.1) is 0 Å². The van der Waals surface area contributed by atoms with Crippen LogP contribution in [-0.4, -0.2) is 24.7 Å². The van der Waals surface area contributed by atoms with E-state index in [-0.39, 0.29) is 11.7 Å². The van der Waals surface area contributed by atoms with Crippen molar-refractivity contribution in [3.8, 4) is 0 Å². The number of rotatable bonds is 1. The van der Waals surface area contributed by atoms with Crippen LogP contribution in [0.4, 0.5) is 10.1 Å². The second-order valence-corrected chi connectivity index (χ2v) is 3.23. The maximum absolute atomic E-state index is 12.8. The van der Waals surface area contributed by atoms with Crippen LogP contribution in [0.2, 0.25) is 0 Å². The molecule has 1 fully saturated rings. The van der Waals surface area contributed by atoms with Crippen molar-refractivity contribution in [2.24, 2.45) is 0 Å². The number of hydrogen-bond acceptors (Lipinski definition) is 4. The number of aromatic nitrogens is 1. The molecule has 4 nitrogen and oxygen atoms in total. The summed E-state index contributed by atoms with van der Waals surface area (Å²) in [6, 6.07) is 1.66. The summed E-state index contributed by atoms with van der Waals surface area (Å²) in [4.78, 5) is 3.57. The Morgan fingerprint density at radius 2 is 2.50 bits per heavy atom. The SMILES string of the molecule is Nc1cc([C@H]2COCCN2)cnc1F. The molecule has 1 atom stereocenters. The third kappa shape index (κ3) is 1.83. The van der Waals surface area contributed by atoms with Gasteiger partial charge in [0.1, 0.15) is 0 Å². The molecule has 14 heavy (non-hydrogen) atoms. The molecule has 1 aromatic rings. The monoisotopic (exact) mass is 197 g/mol.